The van der Waals surface area contributed by atoms with Crippen molar-refractivity contribution in [3.05, 3.63) is 36.7 Å². The average Bonchev–Trinajstić information content (AvgIpc) is 3.07. The number of carbonyl (C=O) groups is 1. The largest absolute Gasteiger partial charge is 0.341 e. The lowest BCUT2D eigenvalue weighted by molar-refractivity contribution is -0.130. The molecule has 0 unspecified atom stereocenters. The highest BCUT2D eigenvalue weighted by Crippen LogP contribution is 2.37. The number of amides is 1. The van der Waals surface area contributed by atoms with Crippen LogP contribution in [0.15, 0.2) is 41.7 Å². The minimum Gasteiger partial charge on any atom is -0.341 e. The van der Waals surface area contributed by atoms with Crippen molar-refractivity contribution in [1.29, 1.82) is 0 Å². The van der Waals surface area contributed by atoms with Crippen LogP contribution in [0.25, 0.3) is 31.3 Å². The van der Waals surface area contributed by atoms with Gasteiger partial charge in [0.05, 0.1) is 21.5 Å². The molecule has 148 valence electrons. The molecule has 4 aromatic rings. The molecule has 29 heavy (non-hydrogen) atoms. The fourth-order valence-electron chi connectivity index (χ4n) is 4.27. The summed E-state index contributed by atoms with van der Waals surface area (Å²) in [6.07, 6.45) is 2.80. The van der Waals surface area contributed by atoms with Crippen molar-refractivity contribution in [3.63, 3.8) is 0 Å². The van der Waals surface area contributed by atoms with Gasteiger partial charge >= 0.3 is 0 Å². The minimum absolute atomic E-state index is 0.199. The molecule has 0 N–H and O–H groups in total. The van der Waals surface area contributed by atoms with E-state index in [-0.39, 0.29) is 5.91 Å². The number of hydrogen-bond donors (Lipinski definition) is 0. The minimum atomic E-state index is 0.199. The Morgan fingerprint density at radius 3 is 2.83 bits per heavy atom. The fourth-order valence-corrected chi connectivity index (χ4v) is 6.37. The van der Waals surface area contributed by atoms with Gasteiger partial charge in [0, 0.05) is 23.9 Å². The molecule has 0 spiro atoms. The van der Waals surface area contributed by atoms with E-state index < -0.39 is 0 Å². The Hall–Kier alpha value is -2.25. The summed E-state index contributed by atoms with van der Waals surface area (Å²) in [6.45, 7) is 6.18. The molecule has 1 amide bonds. The van der Waals surface area contributed by atoms with E-state index in [1.165, 1.54) is 18.2 Å². The molecule has 1 saturated heterocycles. The van der Waals surface area contributed by atoms with Crippen molar-refractivity contribution in [1.82, 2.24) is 19.9 Å². The Bertz CT molecular complexity index is 1210. The van der Waals surface area contributed by atoms with Crippen LogP contribution in [-0.4, -0.2) is 44.6 Å². The van der Waals surface area contributed by atoms with Crippen LogP contribution in [0, 0.1) is 11.8 Å². The molecule has 0 saturated carbocycles. The number of fused-ring (bicyclic) bond motifs is 4. The van der Waals surface area contributed by atoms with E-state index in [2.05, 4.69) is 35.9 Å². The number of aromatic nitrogens is 3. The third-order valence-electron chi connectivity index (χ3n) is 5.47. The third-order valence-corrected chi connectivity index (χ3v) is 7.67. The SMILES string of the molecule is C[C@H]1C[C@H](C)CN(C(=O)CSc2ncnc3c2sc2nc4ccccc4cc23)C1. The molecule has 0 radical (unpaired) electrons. The summed E-state index contributed by atoms with van der Waals surface area (Å²) < 4.78 is 1.02. The van der Waals surface area contributed by atoms with Crippen LogP contribution in [0.2, 0.25) is 0 Å². The number of thioether (sulfide) groups is 1. The maximum atomic E-state index is 12.8. The molecule has 4 heterocycles. The van der Waals surface area contributed by atoms with E-state index in [0.717, 1.165) is 49.5 Å². The summed E-state index contributed by atoms with van der Waals surface area (Å²) in [7, 11) is 0. The fraction of sp³-hybridized carbons (Fsp3) is 0.364. The first-order chi connectivity index (χ1) is 14.1. The van der Waals surface area contributed by atoms with Gasteiger partial charge in [0.25, 0.3) is 0 Å². The maximum Gasteiger partial charge on any atom is 0.233 e. The molecule has 5 nitrogen and oxygen atoms in total. The van der Waals surface area contributed by atoms with Crippen LogP contribution in [0.5, 0.6) is 0 Å². The van der Waals surface area contributed by atoms with Crippen molar-refractivity contribution in [2.45, 2.75) is 25.3 Å². The second kappa shape index (κ2) is 7.54. The van der Waals surface area contributed by atoms with Crippen LogP contribution in [-0.2, 0) is 4.79 Å². The lowest BCUT2D eigenvalue weighted by atomic mass is 9.92. The number of piperidine rings is 1. The Balaban J connectivity index is 1.44. The van der Waals surface area contributed by atoms with Gasteiger partial charge in [-0.05, 0) is 30.4 Å². The summed E-state index contributed by atoms with van der Waals surface area (Å²) in [6, 6.07) is 10.3. The topological polar surface area (TPSA) is 59.0 Å². The number of thiophene rings is 1. The second-order valence-electron chi connectivity index (χ2n) is 8.03. The third kappa shape index (κ3) is 3.57. The van der Waals surface area contributed by atoms with Gasteiger partial charge in [-0.15, -0.1) is 11.3 Å². The molecule has 1 aliphatic heterocycles. The van der Waals surface area contributed by atoms with Gasteiger partial charge in [-0.3, -0.25) is 4.79 Å². The van der Waals surface area contributed by atoms with Crippen LogP contribution in [0.4, 0.5) is 0 Å². The summed E-state index contributed by atoms with van der Waals surface area (Å²) in [5, 5.41) is 3.03. The van der Waals surface area contributed by atoms with Crippen LogP contribution in [0.1, 0.15) is 20.3 Å². The lowest BCUT2D eigenvalue weighted by Gasteiger charge is -2.35. The summed E-state index contributed by atoms with van der Waals surface area (Å²) in [4.78, 5) is 29.6. The summed E-state index contributed by atoms with van der Waals surface area (Å²) in [5.74, 6) is 1.75. The van der Waals surface area contributed by atoms with Gasteiger partial charge in [0.1, 0.15) is 16.2 Å². The first-order valence-corrected chi connectivity index (χ1v) is 11.7. The normalized spacial score (nSPS) is 20.0. The molecule has 3 aromatic heterocycles. The molecule has 1 aromatic carbocycles. The highest BCUT2D eigenvalue weighted by Gasteiger charge is 2.25. The van der Waals surface area contributed by atoms with Crippen LogP contribution >= 0.6 is 23.1 Å². The molecular weight excluding hydrogens is 400 g/mol. The van der Waals surface area contributed by atoms with Crippen LogP contribution in [0.3, 0.4) is 0 Å². The standard InChI is InChI=1S/C22H22N4OS2/c1-13-7-14(2)10-26(9-13)18(27)11-28-22-20-19(23-12-24-22)16-8-15-5-3-4-6-17(15)25-21(16)29-20/h3-6,8,12-14H,7,9-11H2,1-2H3/t13-,14-/m0/s1. The van der Waals surface area contributed by atoms with E-state index in [4.69, 9.17) is 4.98 Å². The van der Waals surface area contributed by atoms with Gasteiger partial charge in [0.15, 0.2) is 0 Å². The predicted molar refractivity (Wildman–Crippen MR) is 120 cm³/mol. The highest BCUT2D eigenvalue weighted by atomic mass is 32.2. The number of pyridine rings is 1. The molecule has 0 aliphatic carbocycles. The zero-order valence-electron chi connectivity index (χ0n) is 16.5. The van der Waals surface area contributed by atoms with Gasteiger partial charge < -0.3 is 4.90 Å². The zero-order valence-corrected chi connectivity index (χ0v) is 18.1. The highest BCUT2D eigenvalue weighted by molar-refractivity contribution is 8.00. The Morgan fingerprint density at radius 2 is 2.00 bits per heavy atom. The predicted octanol–water partition coefficient (Wildman–Crippen LogP) is 4.99. The summed E-state index contributed by atoms with van der Waals surface area (Å²) >= 11 is 3.12. The van der Waals surface area contributed by atoms with Crippen LogP contribution < -0.4 is 0 Å². The molecule has 7 heteroatoms. The monoisotopic (exact) mass is 422 g/mol. The van der Waals surface area contributed by atoms with Crippen molar-refractivity contribution >= 4 is 60.3 Å². The van der Waals surface area contributed by atoms with E-state index in [0.29, 0.717) is 17.6 Å². The smallest absolute Gasteiger partial charge is 0.233 e. The van der Waals surface area contributed by atoms with E-state index in [1.54, 1.807) is 17.7 Å². The Labute approximate surface area is 177 Å². The number of benzene rings is 1. The number of nitrogens with zero attached hydrogens (tertiary/aromatic N) is 4. The Kier molecular flexibility index (Phi) is 4.87. The first kappa shape index (κ1) is 18.8. The maximum absolute atomic E-state index is 12.8. The molecule has 5 rings (SSSR count). The van der Waals surface area contributed by atoms with E-state index in [1.807, 2.05) is 23.1 Å². The number of hydrogen-bond acceptors (Lipinski definition) is 6. The van der Waals surface area contributed by atoms with Crippen molar-refractivity contribution in [3.8, 4) is 0 Å². The number of likely N-dealkylation sites (tertiary alicyclic amines) is 1. The van der Waals surface area contributed by atoms with Crippen molar-refractivity contribution in [2.24, 2.45) is 11.8 Å². The van der Waals surface area contributed by atoms with Gasteiger partial charge in [0.2, 0.25) is 5.91 Å². The zero-order chi connectivity index (χ0) is 20.0. The second-order valence-corrected chi connectivity index (χ2v) is 9.99. The summed E-state index contributed by atoms with van der Waals surface area (Å²) in [5.41, 5.74) is 1.91. The molecular formula is C22H22N4OS2. The lowest BCUT2D eigenvalue weighted by Crippen LogP contribution is -2.43. The molecule has 0 bridgehead atoms. The molecule has 1 fully saturated rings. The average molecular weight is 423 g/mol. The Morgan fingerprint density at radius 1 is 1.21 bits per heavy atom. The molecule has 2 atom stereocenters. The first-order valence-electron chi connectivity index (χ1n) is 9.92. The number of rotatable bonds is 3. The van der Waals surface area contributed by atoms with E-state index >= 15 is 0 Å². The number of para-hydroxylation sites is 1. The van der Waals surface area contributed by atoms with Gasteiger partial charge in [-0.2, -0.15) is 0 Å². The van der Waals surface area contributed by atoms with Gasteiger partial charge in [-0.25, -0.2) is 15.0 Å². The van der Waals surface area contributed by atoms with E-state index in [9.17, 15) is 4.79 Å². The van der Waals surface area contributed by atoms with Crippen molar-refractivity contribution in [2.75, 3.05) is 18.8 Å². The molecule has 1 aliphatic rings. The van der Waals surface area contributed by atoms with Gasteiger partial charge in [-0.1, -0.05) is 43.8 Å². The van der Waals surface area contributed by atoms with Crippen molar-refractivity contribution < 1.29 is 4.79 Å². The quantitative estimate of drug-likeness (QED) is 0.344. The number of carbonyl (C=O) groups excluding carboxylic acids is 1.